The molecule has 2 rings (SSSR count). The molecule has 1 aromatic heterocycles. The molecule has 76 valence electrons. The van der Waals surface area contributed by atoms with E-state index in [0.29, 0.717) is 17.1 Å². The van der Waals surface area contributed by atoms with Gasteiger partial charge in [0.05, 0.1) is 23.1 Å². The third-order valence-corrected chi connectivity index (χ3v) is 2.14. The zero-order valence-corrected chi connectivity index (χ0v) is 8.37. The molecule has 0 amide bonds. The third kappa shape index (κ3) is 2.05. The van der Waals surface area contributed by atoms with E-state index in [4.69, 9.17) is 17.3 Å². The molecule has 1 heterocycles. The summed E-state index contributed by atoms with van der Waals surface area (Å²) in [5, 5.41) is 0.0490. The summed E-state index contributed by atoms with van der Waals surface area (Å²) in [7, 11) is 0. The number of nitrogens with zero attached hydrogens (tertiary/aromatic N) is 2. The molecule has 0 saturated carbocycles. The van der Waals surface area contributed by atoms with E-state index in [9.17, 15) is 4.39 Å². The van der Waals surface area contributed by atoms with Crippen molar-refractivity contribution in [1.82, 2.24) is 9.97 Å². The summed E-state index contributed by atoms with van der Waals surface area (Å²) in [5.74, 6) is 0.00182. The van der Waals surface area contributed by atoms with Crippen LogP contribution >= 0.6 is 11.6 Å². The molecule has 2 aromatic rings. The second-order valence-electron chi connectivity index (χ2n) is 2.97. The molecule has 0 saturated heterocycles. The Hall–Kier alpha value is -1.68. The van der Waals surface area contributed by atoms with E-state index in [1.807, 2.05) is 0 Å². The second-order valence-corrected chi connectivity index (χ2v) is 3.38. The number of nitrogens with two attached hydrogens (primary N) is 1. The average Bonchev–Trinajstić information content (AvgIpc) is 2.23. The molecular formula is C10H7ClFN3. The van der Waals surface area contributed by atoms with Crippen LogP contribution in [-0.2, 0) is 0 Å². The number of nitrogen functional groups attached to an aromatic ring is 1. The van der Waals surface area contributed by atoms with Crippen molar-refractivity contribution < 1.29 is 4.39 Å². The number of hydrogen-bond acceptors (Lipinski definition) is 3. The van der Waals surface area contributed by atoms with Gasteiger partial charge in [-0.15, -0.1) is 0 Å². The van der Waals surface area contributed by atoms with E-state index >= 15 is 0 Å². The second kappa shape index (κ2) is 3.82. The lowest BCUT2D eigenvalue weighted by molar-refractivity contribution is 0.628. The van der Waals surface area contributed by atoms with Crippen LogP contribution < -0.4 is 5.73 Å². The summed E-state index contributed by atoms with van der Waals surface area (Å²) in [6.45, 7) is 0. The van der Waals surface area contributed by atoms with Gasteiger partial charge in [0.1, 0.15) is 5.82 Å². The normalized spacial score (nSPS) is 10.3. The number of benzene rings is 1. The lowest BCUT2D eigenvalue weighted by atomic mass is 10.2. The third-order valence-electron chi connectivity index (χ3n) is 1.85. The molecule has 2 N–H and O–H groups in total. The van der Waals surface area contributed by atoms with Gasteiger partial charge < -0.3 is 5.73 Å². The average molecular weight is 224 g/mol. The minimum atomic E-state index is -0.462. The van der Waals surface area contributed by atoms with Gasteiger partial charge in [-0.2, -0.15) is 0 Å². The maximum absolute atomic E-state index is 12.9. The molecule has 0 aliphatic heterocycles. The lowest BCUT2D eigenvalue weighted by Crippen LogP contribution is -1.92. The molecule has 0 fully saturated rings. The minimum Gasteiger partial charge on any atom is -0.396 e. The van der Waals surface area contributed by atoms with Crippen molar-refractivity contribution >= 4 is 17.3 Å². The molecule has 1 aromatic carbocycles. The monoisotopic (exact) mass is 223 g/mol. The van der Waals surface area contributed by atoms with Crippen molar-refractivity contribution in [2.75, 3.05) is 5.73 Å². The van der Waals surface area contributed by atoms with Gasteiger partial charge in [0.15, 0.2) is 5.82 Å². The number of aromatic nitrogens is 2. The molecule has 0 unspecified atom stereocenters. The van der Waals surface area contributed by atoms with Crippen LogP contribution in [0.4, 0.5) is 10.1 Å². The first-order valence-electron chi connectivity index (χ1n) is 4.20. The quantitative estimate of drug-likeness (QED) is 0.808. The Morgan fingerprint density at radius 1 is 1.20 bits per heavy atom. The van der Waals surface area contributed by atoms with Crippen LogP contribution in [0, 0.1) is 5.82 Å². The van der Waals surface area contributed by atoms with Gasteiger partial charge in [0.2, 0.25) is 0 Å². The van der Waals surface area contributed by atoms with Crippen LogP contribution in [0.1, 0.15) is 0 Å². The van der Waals surface area contributed by atoms with Crippen molar-refractivity contribution in [2.45, 2.75) is 0 Å². The number of halogens is 2. The van der Waals surface area contributed by atoms with Gasteiger partial charge in [0, 0.05) is 5.56 Å². The van der Waals surface area contributed by atoms with Gasteiger partial charge in [-0.25, -0.2) is 14.4 Å². The van der Waals surface area contributed by atoms with Crippen LogP contribution in [-0.4, -0.2) is 9.97 Å². The Balaban J connectivity index is 2.45. The Labute approximate surface area is 90.7 Å². The van der Waals surface area contributed by atoms with E-state index in [2.05, 4.69) is 9.97 Å². The van der Waals surface area contributed by atoms with Crippen molar-refractivity contribution in [2.24, 2.45) is 0 Å². The first-order chi connectivity index (χ1) is 7.16. The summed E-state index contributed by atoms with van der Waals surface area (Å²) in [6, 6.07) is 4.31. The topological polar surface area (TPSA) is 51.8 Å². The number of hydrogen-bond donors (Lipinski definition) is 1. The predicted molar refractivity (Wildman–Crippen MR) is 56.8 cm³/mol. The molecular weight excluding hydrogens is 217 g/mol. The minimum absolute atomic E-state index is 0.0490. The van der Waals surface area contributed by atoms with E-state index in [1.165, 1.54) is 24.5 Å². The van der Waals surface area contributed by atoms with Crippen LogP contribution in [0.5, 0.6) is 0 Å². The molecule has 0 aliphatic rings. The van der Waals surface area contributed by atoms with E-state index < -0.39 is 5.82 Å². The highest BCUT2D eigenvalue weighted by Gasteiger charge is 2.04. The highest BCUT2D eigenvalue weighted by atomic mass is 35.5. The maximum atomic E-state index is 12.9. The SMILES string of the molecule is Nc1cnc(-c2ccc(F)c(Cl)c2)nc1. The van der Waals surface area contributed by atoms with Crippen molar-refractivity contribution in [3.8, 4) is 11.4 Å². The van der Waals surface area contributed by atoms with Crippen LogP contribution in [0.15, 0.2) is 30.6 Å². The number of anilines is 1. The van der Waals surface area contributed by atoms with Gasteiger partial charge in [-0.05, 0) is 18.2 Å². The summed E-state index contributed by atoms with van der Waals surface area (Å²) in [4.78, 5) is 8.00. The van der Waals surface area contributed by atoms with E-state index in [0.717, 1.165) is 0 Å². The zero-order valence-electron chi connectivity index (χ0n) is 7.61. The fourth-order valence-electron chi connectivity index (χ4n) is 1.12. The van der Waals surface area contributed by atoms with Gasteiger partial charge >= 0.3 is 0 Å². The maximum Gasteiger partial charge on any atom is 0.159 e. The highest BCUT2D eigenvalue weighted by Crippen LogP contribution is 2.22. The van der Waals surface area contributed by atoms with Crippen LogP contribution in [0.2, 0.25) is 5.02 Å². The summed E-state index contributed by atoms with van der Waals surface area (Å²) < 4.78 is 12.9. The summed E-state index contributed by atoms with van der Waals surface area (Å²) in [6.07, 6.45) is 2.97. The summed E-state index contributed by atoms with van der Waals surface area (Å²) in [5.41, 5.74) is 6.58. The van der Waals surface area contributed by atoms with Gasteiger partial charge in [-0.1, -0.05) is 11.6 Å². The van der Waals surface area contributed by atoms with E-state index in [1.54, 1.807) is 6.07 Å². The molecule has 0 spiro atoms. The molecule has 0 aliphatic carbocycles. The molecule has 3 nitrogen and oxygen atoms in total. The van der Waals surface area contributed by atoms with Crippen LogP contribution in [0.3, 0.4) is 0 Å². The van der Waals surface area contributed by atoms with E-state index in [-0.39, 0.29) is 5.02 Å². The van der Waals surface area contributed by atoms with Crippen LogP contribution in [0.25, 0.3) is 11.4 Å². The molecule has 0 radical (unpaired) electrons. The first kappa shape index (κ1) is 9.86. The molecule has 15 heavy (non-hydrogen) atoms. The predicted octanol–water partition coefficient (Wildman–Crippen LogP) is 2.52. The Bertz CT molecular complexity index is 485. The highest BCUT2D eigenvalue weighted by molar-refractivity contribution is 6.31. The summed E-state index contributed by atoms with van der Waals surface area (Å²) >= 11 is 5.64. The van der Waals surface area contributed by atoms with Gasteiger partial charge in [0.25, 0.3) is 0 Å². The molecule has 0 atom stereocenters. The Morgan fingerprint density at radius 2 is 1.87 bits per heavy atom. The van der Waals surface area contributed by atoms with Crippen molar-refractivity contribution in [1.29, 1.82) is 0 Å². The van der Waals surface area contributed by atoms with Gasteiger partial charge in [-0.3, -0.25) is 0 Å². The Morgan fingerprint density at radius 3 is 2.47 bits per heavy atom. The zero-order chi connectivity index (χ0) is 10.8. The molecule has 0 bridgehead atoms. The fourth-order valence-corrected chi connectivity index (χ4v) is 1.30. The first-order valence-corrected chi connectivity index (χ1v) is 4.57. The van der Waals surface area contributed by atoms with Crippen molar-refractivity contribution in [3.63, 3.8) is 0 Å². The van der Waals surface area contributed by atoms with Crippen molar-refractivity contribution in [3.05, 3.63) is 41.4 Å². The smallest absolute Gasteiger partial charge is 0.159 e. The Kier molecular flexibility index (Phi) is 2.51. The lowest BCUT2D eigenvalue weighted by Gasteiger charge is -2.01. The molecule has 5 heteroatoms. The largest absolute Gasteiger partial charge is 0.396 e. The standard InChI is InChI=1S/C10H7ClFN3/c11-8-3-6(1-2-9(8)12)10-14-4-7(13)5-15-10/h1-5H,13H2. The number of rotatable bonds is 1. The fraction of sp³-hybridized carbons (Fsp3) is 0.